The molecule has 0 fully saturated rings. The Morgan fingerprint density at radius 2 is 1.69 bits per heavy atom. The minimum Gasteiger partial charge on any atom is -0.383 e. The third-order valence-electron chi connectivity index (χ3n) is 4.50. The first-order chi connectivity index (χ1) is 13.6. The normalized spacial score (nSPS) is 12.9. The lowest BCUT2D eigenvalue weighted by Gasteiger charge is -2.13. The Bertz CT molecular complexity index is 996. The molecule has 2 aromatic carbocycles. The molecule has 2 rings (SSSR count). The summed E-state index contributed by atoms with van der Waals surface area (Å²) in [6, 6.07) is 9.82. The van der Waals surface area contributed by atoms with Crippen molar-refractivity contribution in [2.45, 2.75) is 38.6 Å². The lowest BCUT2D eigenvalue weighted by molar-refractivity contribution is -0.111. The highest BCUT2D eigenvalue weighted by Gasteiger charge is 2.17. The highest BCUT2D eigenvalue weighted by atomic mass is 32.2. The van der Waals surface area contributed by atoms with Crippen LogP contribution < -0.4 is 10.0 Å². The predicted molar refractivity (Wildman–Crippen MR) is 116 cm³/mol. The fourth-order valence-electron chi connectivity index (χ4n) is 2.85. The van der Waals surface area contributed by atoms with Gasteiger partial charge in [0.1, 0.15) is 0 Å². The molecule has 6 nitrogen and oxygen atoms in total. The van der Waals surface area contributed by atoms with Gasteiger partial charge in [0.05, 0.1) is 11.5 Å². The van der Waals surface area contributed by atoms with Crippen LogP contribution in [0.25, 0.3) is 6.08 Å². The second-order valence-corrected chi connectivity index (χ2v) is 8.83. The van der Waals surface area contributed by atoms with Gasteiger partial charge in [-0.05, 0) is 80.3 Å². The van der Waals surface area contributed by atoms with Gasteiger partial charge >= 0.3 is 0 Å². The molecule has 0 radical (unpaired) electrons. The van der Waals surface area contributed by atoms with E-state index in [-0.39, 0.29) is 23.5 Å². The molecule has 2 N–H and O–H groups in total. The van der Waals surface area contributed by atoms with Crippen molar-refractivity contribution in [3.05, 3.63) is 64.7 Å². The zero-order valence-electron chi connectivity index (χ0n) is 17.4. The number of aryl methyl sites for hydroxylation is 3. The van der Waals surface area contributed by atoms with E-state index < -0.39 is 10.0 Å². The molecule has 0 unspecified atom stereocenters. The lowest BCUT2D eigenvalue weighted by Crippen LogP contribution is -2.35. The molecule has 0 spiro atoms. The highest BCUT2D eigenvalue weighted by Crippen LogP contribution is 2.17. The SMILES string of the molecule is COC[C@H](C)NS(=O)(=O)c1ccc(NC(=O)/C=C/c2cc(C)c(C)cc2C)cc1. The highest BCUT2D eigenvalue weighted by molar-refractivity contribution is 7.89. The number of carbonyl (C=O) groups is 1. The topological polar surface area (TPSA) is 84.5 Å². The van der Waals surface area contributed by atoms with Gasteiger partial charge in [-0.2, -0.15) is 0 Å². The first-order valence-corrected chi connectivity index (χ1v) is 10.8. The van der Waals surface area contributed by atoms with E-state index in [0.717, 1.165) is 11.1 Å². The fraction of sp³-hybridized carbons (Fsp3) is 0.318. The number of amides is 1. The fourth-order valence-corrected chi connectivity index (χ4v) is 4.07. The van der Waals surface area contributed by atoms with Crippen molar-refractivity contribution in [2.75, 3.05) is 19.0 Å². The van der Waals surface area contributed by atoms with E-state index >= 15 is 0 Å². The van der Waals surface area contributed by atoms with Crippen molar-refractivity contribution in [2.24, 2.45) is 0 Å². The zero-order valence-corrected chi connectivity index (χ0v) is 18.3. The smallest absolute Gasteiger partial charge is 0.248 e. The molecule has 7 heteroatoms. The minimum atomic E-state index is -3.64. The van der Waals surface area contributed by atoms with Gasteiger partial charge in [-0.3, -0.25) is 4.79 Å². The molecule has 0 saturated heterocycles. The molecule has 0 aliphatic carbocycles. The zero-order chi connectivity index (χ0) is 21.6. The average molecular weight is 417 g/mol. The van der Waals surface area contributed by atoms with Crippen molar-refractivity contribution in [3.8, 4) is 0 Å². The molecule has 0 saturated carbocycles. The monoisotopic (exact) mass is 416 g/mol. The summed E-state index contributed by atoms with van der Waals surface area (Å²) in [5.41, 5.74) is 4.98. The summed E-state index contributed by atoms with van der Waals surface area (Å²) in [6.45, 7) is 8.09. The Kier molecular flexibility index (Phi) is 7.73. The van der Waals surface area contributed by atoms with Crippen molar-refractivity contribution in [1.29, 1.82) is 0 Å². The second kappa shape index (κ2) is 9.82. The lowest BCUT2D eigenvalue weighted by atomic mass is 10.0. The molecule has 0 bridgehead atoms. The van der Waals surface area contributed by atoms with Gasteiger partial charge in [0.15, 0.2) is 0 Å². The molecule has 2 aromatic rings. The van der Waals surface area contributed by atoms with Crippen LogP contribution in [0, 0.1) is 20.8 Å². The second-order valence-electron chi connectivity index (χ2n) is 7.12. The van der Waals surface area contributed by atoms with Crippen LogP contribution in [0.3, 0.4) is 0 Å². The van der Waals surface area contributed by atoms with E-state index in [9.17, 15) is 13.2 Å². The Morgan fingerprint density at radius 3 is 2.31 bits per heavy atom. The van der Waals surface area contributed by atoms with Crippen LogP contribution >= 0.6 is 0 Å². The van der Waals surface area contributed by atoms with Gasteiger partial charge in [-0.1, -0.05) is 12.1 Å². The molecule has 1 atom stereocenters. The Morgan fingerprint density at radius 1 is 1.07 bits per heavy atom. The summed E-state index contributed by atoms with van der Waals surface area (Å²) in [6.07, 6.45) is 3.24. The number of rotatable bonds is 8. The summed E-state index contributed by atoms with van der Waals surface area (Å²) in [5.74, 6) is -0.287. The van der Waals surface area contributed by atoms with Crippen molar-refractivity contribution < 1.29 is 17.9 Å². The molecule has 0 aromatic heterocycles. The van der Waals surface area contributed by atoms with E-state index in [1.165, 1.54) is 36.4 Å². The van der Waals surface area contributed by atoms with Gasteiger partial charge < -0.3 is 10.1 Å². The van der Waals surface area contributed by atoms with E-state index in [4.69, 9.17) is 4.74 Å². The summed E-state index contributed by atoms with van der Waals surface area (Å²) in [7, 11) is -2.13. The molecule has 0 aliphatic rings. The Balaban J connectivity index is 2.04. The van der Waals surface area contributed by atoms with Crippen LogP contribution in [0.1, 0.15) is 29.2 Å². The summed E-state index contributed by atoms with van der Waals surface area (Å²) >= 11 is 0. The minimum absolute atomic E-state index is 0.125. The molecular weight excluding hydrogens is 388 g/mol. The van der Waals surface area contributed by atoms with Crippen LogP contribution in [-0.2, 0) is 19.6 Å². The number of nitrogens with one attached hydrogen (secondary N) is 2. The van der Waals surface area contributed by atoms with Crippen LogP contribution in [0.4, 0.5) is 5.69 Å². The van der Waals surface area contributed by atoms with Crippen LogP contribution in [0.5, 0.6) is 0 Å². The van der Waals surface area contributed by atoms with Crippen LogP contribution in [0.2, 0.25) is 0 Å². The van der Waals surface area contributed by atoms with Crippen LogP contribution in [0.15, 0.2) is 47.4 Å². The summed E-state index contributed by atoms with van der Waals surface area (Å²) in [4.78, 5) is 12.3. The maximum absolute atomic E-state index is 12.3. The number of benzene rings is 2. The van der Waals surface area contributed by atoms with Gasteiger partial charge in [0.2, 0.25) is 15.9 Å². The number of anilines is 1. The third kappa shape index (κ3) is 6.52. The van der Waals surface area contributed by atoms with E-state index in [1.807, 2.05) is 19.9 Å². The van der Waals surface area contributed by atoms with Gasteiger partial charge in [-0.15, -0.1) is 0 Å². The standard InChI is InChI=1S/C22H28N2O4S/c1-15-12-17(3)19(13-16(15)2)6-11-22(25)23-20-7-9-21(10-8-20)29(26,27)24-18(4)14-28-5/h6-13,18,24H,14H2,1-5H3,(H,23,25)/b11-6+/t18-/m0/s1. The molecule has 29 heavy (non-hydrogen) atoms. The van der Waals surface area contributed by atoms with Gasteiger partial charge in [0, 0.05) is 24.9 Å². The van der Waals surface area contributed by atoms with Gasteiger partial charge in [-0.25, -0.2) is 13.1 Å². The number of ether oxygens (including phenoxy) is 1. The number of carbonyl (C=O) groups excluding carboxylic acids is 1. The molecule has 156 valence electrons. The first-order valence-electron chi connectivity index (χ1n) is 9.30. The summed E-state index contributed by atoms with van der Waals surface area (Å²) < 4.78 is 32.1. The molecule has 0 aliphatic heterocycles. The Hall–Kier alpha value is -2.48. The maximum atomic E-state index is 12.3. The third-order valence-corrected chi connectivity index (χ3v) is 6.11. The number of hydrogen-bond acceptors (Lipinski definition) is 4. The van der Waals surface area contributed by atoms with Crippen molar-refractivity contribution in [3.63, 3.8) is 0 Å². The predicted octanol–water partition coefficient (Wildman–Crippen LogP) is 3.58. The van der Waals surface area contributed by atoms with Crippen molar-refractivity contribution in [1.82, 2.24) is 4.72 Å². The van der Waals surface area contributed by atoms with Crippen LogP contribution in [-0.4, -0.2) is 34.1 Å². The van der Waals surface area contributed by atoms with E-state index in [2.05, 4.69) is 23.0 Å². The molecule has 0 heterocycles. The molecular formula is C22H28N2O4S. The number of hydrogen-bond donors (Lipinski definition) is 2. The quantitative estimate of drug-likeness (QED) is 0.644. The maximum Gasteiger partial charge on any atom is 0.248 e. The van der Waals surface area contributed by atoms with E-state index in [1.54, 1.807) is 25.1 Å². The van der Waals surface area contributed by atoms with Gasteiger partial charge in [0.25, 0.3) is 0 Å². The van der Waals surface area contributed by atoms with Crippen molar-refractivity contribution >= 4 is 27.7 Å². The summed E-state index contributed by atoms with van der Waals surface area (Å²) in [5, 5.41) is 2.74. The Labute approximate surface area is 173 Å². The first kappa shape index (κ1) is 22.8. The van der Waals surface area contributed by atoms with E-state index in [0.29, 0.717) is 5.69 Å². The molecule has 1 amide bonds. The average Bonchev–Trinajstić information content (AvgIpc) is 2.64. The number of sulfonamides is 1. The largest absolute Gasteiger partial charge is 0.383 e. The number of methoxy groups -OCH3 is 1.